The highest BCUT2D eigenvalue weighted by atomic mass is 32.2. The molecule has 0 heterocycles. The zero-order valence-corrected chi connectivity index (χ0v) is 9.26. The summed E-state index contributed by atoms with van der Waals surface area (Å²) in [6, 6.07) is 1.86. The van der Waals surface area contributed by atoms with Crippen LogP contribution in [0.3, 0.4) is 0 Å². The van der Waals surface area contributed by atoms with Crippen LogP contribution >= 0.6 is 0 Å². The Balaban J connectivity index is 2.68. The quantitative estimate of drug-likeness (QED) is 0.664. The first-order valence-corrected chi connectivity index (χ1v) is 6.41. The molecule has 1 saturated carbocycles. The molecule has 0 saturated heterocycles. The molecule has 1 aliphatic rings. The molecule has 4 nitrogen and oxygen atoms in total. The fourth-order valence-corrected chi connectivity index (χ4v) is 3.48. The normalized spacial score (nSPS) is 19.5. The van der Waals surface area contributed by atoms with Crippen LogP contribution in [0.15, 0.2) is 0 Å². The topological polar surface area (TPSA) is 61.2 Å². The number of hydrogen-bond acceptors (Lipinski definition) is 3. The van der Waals surface area contributed by atoms with Crippen LogP contribution in [0.1, 0.15) is 32.1 Å². The molecule has 0 atom stereocenters. The van der Waals surface area contributed by atoms with Gasteiger partial charge in [-0.05, 0) is 12.8 Å². The van der Waals surface area contributed by atoms with E-state index in [1.54, 1.807) is 0 Å². The highest BCUT2D eigenvalue weighted by Gasteiger charge is 2.30. The molecule has 0 unspecified atom stereocenters. The first-order valence-electron chi connectivity index (χ1n) is 4.91. The summed E-state index contributed by atoms with van der Waals surface area (Å²) in [5.41, 5.74) is 0. The van der Waals surface area contributed by atoms with Gasteiger partial charge in [-0.3, -0.25) is 0 Å². The smallest absolute Gasteiger partial charge is 0.212 e. The van der Waals surface area contributed by atoms with E-state index in [1.165, 1.54) is 11.4 Å². The number of nitrogens with zero attached hydrogens (tertiary/aromatic N) is 2. The Morgan fingerprint density at radius 3 is 2.43 bits per heavy atom. The van der Waals surface area contributed by atoms with E-state index in [0.717, 1.165) is 32.1 Å². The van der Waals surface area contributed by atoms with Gasteiger partial charge in [0.15, 0.2) is 0 Å². The fraction of sp³-hybridized carbons (Fsp3) is 0.889. The van der Waals surface area contributed by atoms with Gasteiger partial charge in [0.05, 0.1) is 11.3 Å². The lowest BCUT2D eigenvalue weighted by Crippen LogP contribution is -2.37. The van der Waals surface area contributed by atoms with Gasteiger partial charge < -0.3 is 0 Å². The Morgan fingerprint density at radius 1 is 1.36 bits per heavy atom. The zero-order valence-electron chi connectivity index (χ0n) is 8.44. The van der Waals surface area contributed by atoms with Crippen molar-refractivity contribution in [3.63, 3.8) is 0 Å². The van der Waals surface area contributed by atoms with E-state index in [4.69, 9.17) is 5.26 Å². The Morgan fingerprint density at radius 2 is 1.93 bits per heavy atom. The minimum absolute atomic E-state index is 0.0428. The summed E-state index contributed by atoms with van der Waals surface area (Å²) < 4.78 is 24.9. The van der Waals surface area contributed by atoms with Crippen molar-refractivity contribution in [3.05, 3.63) is 0 Å². The average molecular weight is 216 g/mol. The number of nitriles is 1. The summed E-state index contributed by atoms with van der Waals surface area (Å²) in [5, 5.41) is 8.19. The Hall–Kier alpha value is -0.600. The highest BCUT2D eigenvalue weighted by molar-refractivity contribution is 7.89. The molecule has 80 valence electrons. The number of rotatable bonds is 3. The van der Waals surface area contributed by atoms with Crippen molar-refractivity contribution in [1.29, 1.82) is 5.26 Å². The highest BCUT2D eigenvalue weighted by Crippen LogP contribution is 2.25. The molecule has 0 N–H and O–H groups in total. The molecule has 1 aliphatic carbocycles. The second kappa shape index (κ2) is 4.76. The molecule has 0 bridgehead atoms. The fourth-order valence-electron chi connectivity index (χ4n) is 1.81. The van der Waals surface area contributed by atoms with E-state index >= 15 is 0 Å². The third-order valence-electron chi connectivity index (χ3n) is 2.70. The Bertz CT molecular complexity index is 312. The first-order chi connectivity index (χ1) is 6.59. The van der Waals surface area contributed by atoms with Crippen molar-refractivity contribution in [2.24, 2.45) is 0 Å². The summed E-state index contributed by atoms with van der Waals surface area (Å²) in [7, 11) is -1.73. The lowest BCUT2D eigenvalue weighted by Gasteiger charge is -2.25. The van der Waals surface area contributed by atoms with E-state index in [-0.39, 0.29) is 11.8 Å². The summed E-state index contributed by atoms with van der Waals surface area (Å²) >= 11 is 0. The van der Waals surface area contributed by atoms with Crippen molar-refractivity contribution in [2.45, 2.75) is 37.4 Å². The van der Waals surface area contributed by atoms with E-state index in [1.807, 2.05) is 6.07 Å². The largest absolute Gasteiger partial charge is 0.217 e. The molecule has 0 aromatic carbocycles. The van der Waals surface area contributed by atoms with Crippen LogP contribution in [-0.2, 0) is 10.0 Å². The van der Waals surface area contributed by atoms with Crippen LogP contribution < -0.4 is 0 Å². The average Bonchev–Trinajstić information content (AvgIpc) is 2.19. The molecule has 0 aromatic heterocycles. The van der Waals surface area contributed by atoms with Crippen molar-refractivity contribution in [2.75, 3.05) is 13.6 Å². The van der Waals surface area contributed by atoms with E-state index < -0.39 is 10.0 Å². The van der Waals surface area contributed by atoms with Crippen molar-refractivity contribution < 1.29 is 8.42 Å². The second-order valence-corrected chi connectivity index (χ2v) is 6.04. The lowest BCUT2D eigenvalue weighted by atomic mass is 10.0. The van der Waals surface area contributed by atoms with Gasteiger partial charge >= 0.3 is 0 Å². The number of sulfonamides is 1. The third-order valence-corrected chi connectivity index (χ3v) is 5.01. The summed E-state index contributed by atoms with van der Waals surface area (Å²) in [6.07, 6.45) is 4.61. The molecule has 1 fully saturated rings. The van der Waals surface area contributed by atoms with Crippen LogP contribution in [0.2, 0.25) is 0 Å². The predicted molar refractivity (Wildman–Crippen MR) is 54.0 cm³/mol. The van der Waals surface area contributed by atoms with Crippen LogP contribution in [0.5, 0.6) is 0 Å². The molecule has 0 aliphatic heterocycles. The van der Waals surface area contributed by atoms with Crippen LogP contribution in [-0.4, -0.2) is 31.6 Å². The predicted octanol–water partition coefficient (Wildman–Crippen LogP) is 1.10. The monoisotopic (exact) mass is 216 g/mol. The molecular weight excluding hydrogens is 200 g/mol. The first kappa shape index (κ1) is 11.5. The van der Waals surface area contributed by atoms with Crippen molar-refractivity contribution >= 4 is 10.0 Å². The minimum atomic E-state index is -3.21. The Kier molecular flexibility index (Phi) is 3.90. The summed E-state index contributed by atoms with van der Waals surface area (Å²) in [4.78, 5) is 0. The molecule has 0 amide bonds. The molecule has 0 aromatic rings. The van der Waals surface area contributed by atoms with Gasteiger partial charge in [-0.25, -0.2) is 8.42 Å². The van der Waals surface area contributed by atoms with Gasteiger partial charge in [0.1, 0.15) is 6.54 Å². The van der Waals surface area contributed by atoms with E-state index in [9.17, 15) is 8.42 Å². The summed E-state index contributed by atoms with van der Waals surface area (Å²) in [5.74, 6) is 0. The van der Waals surface area contributed by atoms with Gasteiger partial charge in [0.25, 0.3) is 0 Å². The van der Waals surface area contributed by atoms with Gasteiger partial charge in [0, 0.05) is 7.05 Å². The maximum Gasteiger partial charge on any atom is 0.217 e. The lowest BCUT2D eigenvalue weighted by molar-refractivity contribution is 0.441. The van der Waals surface area contributed by atoms with Crippen LogP contribution in [0, 0.1) is 11.3 Å². The van der Waals surface area contributed by atoms with E-state index in [0.29, 0.717) is 0 Å². The second-order valence-electron chi connectivity index (χ2n) is 3.72. The van der Waals surface area contributed by atoms with E-state index in [2.05, 4.69) is 0 Å². The standard InChI is InChI=1S/C9H16N2O2S/c1-11(8-7-10)14(12,13)9-5-3-2-4-6-9/h9H,2-6,8H2,1H3. The van der Waals surface area contributed by atoms with Gasteiger partial charge in [-0.1, -0.05) is 19.3 Å². The maximum absolute atomic E-state index is 11.9. The molecule has 1 rings (SSSR count). The molecule has 5 heteroatoms. The summed E-state index contributed by atoms with van der Waals surface area (Å²) in [6.45, 7) is -0.0428. The third kappa shape index (κ3) is 2.46. The minimum Gasteiger partial charge on any atom is -0.212 e. The SMILES string of the molecule is CN(CC#N)S(=O)(=O)C1CCCCC1. The van der Waals surface area contributed by atoms with Gasteiger partial charge in [0.2, 0.25) is 10.0 Å². The zero-order chi connectivity index (χ0) is 10.6. The molecular formula is C9H16N2O2S. The molecule has 0 radical (unpaired) electrons. The number of hydrogen-bond donors (Lipinski definition) is 0. The van der Waals surface area contributed by atoms with Gasteiger partial charge in [-0.15, -0.1) is 0 Å². The van der Waals surface area contributed by atoms with Gasteiger partial charge in [-0.2, -0.15) is 9.57 Å². The van der Waals surface area contributed by atoms with Crippen LogP contribution in [0.4, 0.5) is 0 Å². The molecule has 14 heavy (non-hydrogen) atoms. The Labute approximate surface area is 85.6 Å². The van der Waals surface area contributed by atoms with Crippen molar-refractivity contribution in [1.82, 2.24) is 4.31 Å². The van der Waals surface area contributed by atoms with Crippen LogP contribution in [0.25, 0.3) is 0 Å². The maximum atomic E-state index is 11.9. The molecule has 0 spiro atoms. The van der Waals surface area contributed by atoms with Crippen molar-refractivity contribution in [3.8, 4) is 6.07 Å².